The molecule has 30 heavy (non-hydrogen) atoms. The first-order chi connectivity index (χ1) is 14.5. The number of likely N-dealkylation sites (N-methyl/N-ethyl adjacent to an activating group) is 1. The minimum atomic E-state index is -0.303. The third-order valence-electron chi connectivity index (χ3n) is 5.55. The monoisotopic (exact) mass is 410 g/mol. The summed E-state index contributed by atoms with van der Waals surface area (Å²) in [6.07, 6.45) is 5.13. The maximum Gasteiger partial charge on any atom is 0.326 e. The van der Waals surface area contributed by atoms with Crippen molar-refractivity contribution < 1.29 is 14.4 Å². The number of imide groups is 1. The molecule has 9 heteroatoms. The van der Waals surface area contributed by atoms with Crippen LogP contribution < -0.4 is 5.32 Å². The zero-order valence-electron chi connectivity index (χ0n) is 17.1. The van der Waals surface area contributed by atoms with Crippen LogP contribution in [0, 0.1) is 0 Å². The van der Waals surface area contributed by atoms with Crippen LogP contribution in [-0.2, 0) is 22.6 Å². The van der Waals surface area contributed by atoms with Crippen molar-refractivity contribution >= 4 is 23.5 Å². The molecular weight excluding hydrogens is 384 g/mol. The van der Waals surface area contributed by atoms with E-state index in [1.54, 1.807) is 7.05 Å². The van der Waals surface area contributed by atoms with Crippen LogP contribution in [0.15, 0.2) is 24.3 Å². The molecule has 3 heterocycles. The van der Waals surface area contributed by atoms with Crippen LogP contribution in [0.25, 0.3) is 11.4 Å². The Morgan fingerprint density at radius 3 is 2.63 bits per heavy atom. The third-order valence-corrected chi connectivity index (χ3v) is 5.55. The highest BCUT2D eigenvalue weighted by atomic mass is 16.2. The molecule has 0 unspecified atom stereocenters. The van der Waals surface area contributed by atoms with Crippen LogP contribution in [0.3, 0.4) is 0 Å². The summed E-state index contributed by atoms with van der Waals surface area (Å²) < 4.78 is 2.19. The van der Waals surface area contributed by atoms with Crippen molar-refractivity contribution in [1.29, 1.82) is 0 Å². The lowest BCUT2D eigenvalue weighted by atomic mass is 10.2. The second-order valence-corrected chi connectivity index (χ2v) is 7.82. The summed E-state index contributed by atoms with van der Waals surface area (Å²) in [6.45, 7) is 1.30. The van der Waals surface area contributed by atoms with Gasteiger partial charge < -0.3 is 14.8 Å². The van der Waals surface area contributed by atoms with Crippen LogP contribution in [0.2, 0.25) is 0 Å². The number of hydrogen-bond acceptors (Lipinski definition) is 5. The normalized spacial score (nSPS) is 16.6. The molecule has 1 fully saturated rings. The number of rotatable bonds is 6. The van der Waals surface area contributed by atoms with Gasteiger partial charge in [0.25, 0.3) is 0 Å². The number of fused-ring (bicyclic) bond motifs is 1. The fraction of sp³-hybridized carbons (Fsp3) is 0.476. The number of anilines is 1. The molecule has 0 spiro atoms. The molecule has 1 saturated heterocycles. The maximum absolute atomic E-state index is 12.2. The lowest BCUT2D eigenvalue weighted by molar-refractivity contribution is -0.125. The highest BCUT2D eigenvalue weighted by molar-refractivity contribution is 6.01. The Kier molecular flexibility index (Phi) is 5.78. The van der Waals surface area contributed by atoms with Gasteiger partial charge in [-0.25, -0.2) is 4.79 Å². The van der Waals surface area contributed by atoms with Crippen LogP contribution in [-0.4, -0.2) is 62.5 Å². The van der Waals surface area contributed by atoms with E-state index in [1.165, 1.54) is 16.2 Å². The zero-order valence-corrected chi connectivity index (χ0v) is 17.1. The Balaban J connectivity index is 1.31. The molecule has 1 aromatic heterocycles. The van der Waals surface area contributed by atoms with Crippen molar-refractivity contribution in [3.05, 3.63) is 30.1 Å². The molecular formula is C21H26N6O3. The molecule has 0 saturated carbocycles. The first kappa shape index (κ1) is 20.1. The van der Waals surface area contributed by atoms with Gasteiger partial charge in [-0.15, -0.1) is 10.2 Å². The molecule has 0 aliphatic carbocycles. The largest absolute Gasteiger partial charge is 0.326 e. The number of aryl methyl sites for hydroxylation is 1. The van der Waals surface area contributed by atoms with Crippen molar-refractivity contribution in [1.82, 2.24) is 24.6 Å². The molecule has 2 aliphatic rings. The van der Waals surface area contributed by atoms with Crippen molar-refractivity contribution in [2.75, 3.05) is 25.5 Å². The number of hydrogen-bond donors (Lipinski definition) is 1. The maximum atomic E-state index is 12.2. The van der Waals surface area contributed by atoms with E-state index in [-0.39, 0.29) is 37.4 Å². The number of urea groups is 1. The van der Waals surface area contributed by atoms with E-state index in [0.29, 0.717) is 12.1 Å². The molecule has 2 aliphatic heterocycles. The molecule has 1 N–H and O–H groups in total. The second kappa shape index (κ2) is 8.64. The Labute approximate surface area is 175 Å². The summed E-state index contributed by atoms with van der Waals surface area (Å²) in [5.41, 5.74) is 1.68. The number of nitrogens with zero attached hydrogens (tertiary/aromatic N) is 5. The van der Waals surface area contributed by atoms with Gasteiger partial charge in [-0.1, -0.05) is 6.42 Å². The van der Waals surface area contributed by atoms with Gasteiger partial charge in [0.05, 0.1) is 0 Å². The molecule has 0 bridgehead atoms. The Hall–Kier alpha value is -3.23. The van der Waals surface area contributed by atoms with Gasteiger partial charge in [-0.3, -0.25) is 14.5 Å². The SMILES string of the molecule is CN1CC(=O)N(CCCC(=O)Nc2ccc(-c3nnc4n3CCCCC4)cc2)C1=O. The summed E-state index contributed by atoms with van der Waals surface area (Å²) in [7, 11) is 1.59. The number of aromatic nitrogens is 3. The van der Waals surface area contributed by atoms with Gasteiger partial charge >= 0.3 is 6.03 Å². The molecule has 4 amide bonds. The minimum absolute atomic E-state index is 0.104. The van der Waals surface area contributed by atoms with E-state index in [2.05, 4.69) is 20.1 Å². The molecule has 158 valence electrons. The topological polar surface area (TPSA) is 100 Å². The van der Waals surface area contributed by atoms with E-state index >= 15 is 0 Å². The highest BCUT2D eigenvalue weighted by Crippen LogP contribution is 2.24. The second-order valence-electron chi connectivity index (χ2n) is 7.82. The number of carbonyl (C=O) groups excluding carboxylic acids is 3. The summed E-state index contributed by atoms with van der Waals surface area (Å²) in [5.74, 6) is 1.55. The van der Waals surface area contributed by atoms with Gasteiger partial charge in [-0.05, 0) is 43.5 Å². The standard InChI is InChI=1S/C21H26N6O3/c1-25-14-19(29)27(21(25)30)13-5-7-18(28)22-16-10-8-15(9-11-16)20-24-23-17-6-3-2-4-12-26(17)20/h8-11H,2-7,12-14H2,1H3,(H,22,28). The van der Waals surface area contributed by atoms with Gasteiger partial charge in [0.15, 0.2) is 5.82 Å². The summed E-state index contributed by atoms with van der Waals surface area (Å²) >= 11 is 0. The smallest absolute Gasteiger partial charge is 0.326 e. The average Bonchev–Trinajstić information content (AvgIpc) is 3.12. The van der Waals surface area contributed by atoms with Gasteiger partial charge in [0.2, 0.25) is 11.8 Å². The van der Waals surface area contributed by atoms with Gasteiger partial charge in [-0.2, -0.15) is 0 Å². The molecule has 1 aromatic carbocycles. The lowest BCUT2D eigenvalue weighted by Gasteiger charge is -2.13. The first-order valence-electron chi connectivity index (χ1n) is 10.4. The number of nitrogens with one attached hydrogen (secondary N) is 1. The highest BCUT2D eigenvalue weighted by Gasteiger charge is 2.32. The van der Waals surface area contributed by atoms with Crippen molar-refractivity contribution in [2.24, 2.45) is 0 Å². The molecule has 2 aromatic rings. The van der Waals surface area contributed by atoms with Crippen molar-refractivity contribution in [3.8, 4) is 11.4 Å². The van der Waals surface area contributed by atoms with E-state index in [0.717, 1.165) is 43.0 Å². The van der Waals surface area contributed by atoms with Crippen LogP contribution in [0.5, 0.6) is 0 Å². The van der Waals surface area contributed by atoms with Crippen LogP contribution in [0.4, 0.5) is 10.5 Å². The molecule has 0 atom stereocenters. The van der Waals surface area contributed by atoms with Crippen LogP contribution in [0.1, 0.15) is 37.9 Å². The quantitative estimate of drug-likeness (QED) is 0.737. The van der Waals surface area contributed by atoms with E-state index in [9.17, 15) is 14.4 Å². The summed E-state index contributed by atoms with van der Waals surface area (Å²) in [6, 6.07) is 7.29. The third kappa shape index (κ3) is 4.19. The Morgan fingerprint density at radius 1 is 1.10 bits per heavy atom. The Morgan fingerprint density at radius 2 is 1.90 bits per heavy atom. The minimum Gasteiger partial charge on any atom is -0.326 e. The van der Waals surface area contributed by atoms with Crippen molar-refractivity contribution in [3.63, 3.8) is 0 Å². The molecule has 9 nitrogen and oxygen atoms in total. The predicted octanol–water partition coefficient (Wildman–Crippen LogP) is 2.28. The number of carbonyl (C=O) groups is 3. The first-order valence-corrected chi connectivity index (χ1v) is 10.4. The lowest BCUT2D eigenvalue weighted by Crippen LogP contribution is -2.32. The fourth-order valence-corrected chi connectivity index (χ4v) is 3.91. The fourth-order valence-electron chi connectivity index (χ4n) is 3.91. The van der Waals surface area contributed by atoms with Crippen molar-refractivity contribution in [2.45, 2.75) is 45.1 Å². The predicted molar refractivity (Wildman–Crippen MR) is 111 cm³/mol. The Bertz CT molecular complexity index is 952. The van der Waals surface area contributed by atoms with Crippen LogP contribution >= 0.6 is 0 Å². The summed E-state index contributed by atoms with van der Waals surface area (Å²) in [4.78, 5) is 38.4. The number of amides is 4. The van der Waals surface area contributed by atoms with E-state index < -0.39 is 0 Å². The van der Waals surface area contributed by atoms with E-state index in [4.69, 9.17) is 0 Å². The zero-order chi connectivity index (χ0) is 21.1. The number of benzene rings is 1. The molecule has 0 radical (unpaired) electrons. The van der Waals surface area contributed by atoms with Gasteiger partial charge in [0.1, 0.15) is 12.4 Å². The average molecular weight is 410 g/mol. The van der Waals surface area contributed by atoms with Gasteiger partial charge in [0, 0.05) is 44.2 Å². The summed E-state index contributed by atoms with van der Waals surface area (Å²) in [5, 5.41) is 11.6. The van der Waals surface area contributed by atoms with E-state index in [1.807, 2.05) is 24.3 Å². The molecule has 4 rings (SSSR count).